The number of aryl methyl sites for hydroxylation is 1. The molecule has 3 unspecified atom stereocenters. The summed E-state index contributed by atoms with van der Waals surface area (Å²) in [5, 5.41) is 3.26. The molecule has 210 valence electrons. The van der Waals surface area contributed by atoms with E-state index in [0.29, 0.717) is 16.1 Å². The average Bonchev–Trinajstić information content (AvgIpc) is 3.32. The Morgan fingerprint density at radius 2 is 1.57 bits per heavy atom. The van der Waals surface area contributed by atoms with Crippen LogP contribution in [-0.2, 0) is 26.0 Å². The molecule has 3 atom stereocenters. The van der Waals surface area contributed by atoms with Crippen LogP contribution in [0.25, 0.3) is 0 Å². The summed E-state index contributed by atoms with van der Waals surface area (Å²) >= 11 is 6.17. The van der Waals surface area contributed by atoms with Gasteiger partial charge in [-0.25, -0.2) is 8.42 Å². The highest BCUT2D eigenvalue weighted by Crippen LogP contribution is 2.46. The van der Waals surface area contributed by atoms with Crippen LogP contribution >= 0.6 is 11.6 Å². The van der Waals surface area contributed by atoms with Gasteiger partial charge in [-0.1, -0.05) is 99.1 Å². The number of primary amides is 1. The van der Waals surface area contributed by atoms with Gasteiger partial charge in [0.15, 0.2) is 0 Å². The smallest absolute Gasteiger partial charge is 0.249 e. The molecule has 0 spiro atoms. The molecule has 0 bridgehead atoms. The number of rotatable bonds is 8. The first-order valence-electron chi connectivity index (χ1n) is 13.0. The fraction of sp³-hybridized carbons (Fsp3) is 0.290. The Morgan fingerprint density at radius 3 is 2.15 bits per heavy atom. The zero-order chi connectivity index (χ0) is 29.2. The highest BCUT2D eigenvalue weighted by Gasteiger charge is 2.50. The van der Waals surface area contributed by atoms with Gasteiger partial charge in [0, 0.05) is 23.1 Å². The van der Waals surface area contributed by atoms with Crippen molar-refractivity contribution in [3.05, 3.63) is 112 Å². The van der Waals surface area contributed by atoms with Gasteiger partial charge < -0.3 is 11.1 Å². The highest BCUT2D eigenvalue weighted by atomic mass is 35.5. The molecular formula is C31H34ClN3O4S. The van der Waals surface area contributed by atoms with E-state index in [-0.39, 0.29) is 16.9 Å². The number of halogens is 1. The molecular weight excluding hydrogens is 546 g/mol. The number of nitrogens with two attached hydrogens (primary N) is 1. The first-order chi connectivity index (χ1) is 18.8. The minimum atomic E-state index is -4.09. The maximum absolute atomic E-state index is 14.4. The summed E-state index contributed by atoms with van der Waals surface area (Å²) in [4.78, 5) is 26.5. The normalized spacial score (nSPS) is 18.7. The summed E-state index contributed by atoms with van der Waals surface area (Å²) in [6, 6.07) is 20.2. The molecule has 1 aliphatic heterocycles. The summed E-state index contributed by atoms with van der Waals surface area (Å²) < 4.78 is 30.1. The Bertz CT molecular complexity index is 1530. The number of hydrogen-bond acceptors (Lipinski definition) is 4. The van der Waals surface area contributed by atoms with E-state index in [2.05, 4.69) is 5.32 Å². The van der Waals surface area contributed by atoms with E-state index in [4.69, 9.17) is 17.3 Å². The van der Waals surface area contributed by atoms with Crippen molar-refractivity contribution < 1.29 is 18.0 Å². The van der Waals surface area contributed by atoms with Crippen LogP contribution in [0, 0.1) is 12.3 Å². The first-order valence-corrected chi connectivity index (χ1v) is 14.8. The average molecular weight is 580 g/mol. The highest BCUT2D eigenvalue weighted by molar-refractivity contribution is 7.89. The standard InChI is InChI=1S/C31H34ClN3O4S/c1-20-10-8-9-13-26(20)40(38,39)35-27(31(2,3)4)19-24(28(35)22-14-16-23(32)17-15-22)30(37)34-25(29(33)36)18-21-11-6-5-7-12-21/h5-17,19,25,27-28H,18H2,1-4H3,(H2,33,36)(H,34,37). The largest absolute Gasteiger partial charge is 0.368 e. The molecule has 0 saturated carbocycles. The van der Waals surface area contributed by atoms with Crippen molar-refractivity contribution in [3.8, 4) is 0 Å². The van der Waals surface area contributed by atoms with Gasteiger partial charge in [-0.05, 0) is 47.2 Å². The lowest BCUT2D eigenvalue weighted by Crippen LogP contribution is -2.48. The second kappa shape index (κ2) is 11.6. The molecule has 0 fully saturated rings. The molecule has 9 heteroatoms. The second-order valence-corrected chi connectivity index (χ2v) is 13.4. The molecule has 2 amide bonds. The van der Waals surface area contributed by atoms with E-state index in [1.807, 2.05) is 51.1 Å². The summed E-state index contributed by atoms with van der Waals surface area (Å²) in [6.07, 6.45) is 1.90. The lowest BCUT2D eigenvalue weighted by molar-refractivity contribution is -0.125. The number of carbonyl (C=O) groups excluding carboxylic acids is 2. The van der Waals surface area contributed by atoms with E-state index >= 15 is 0 Å². The monoisotopic (exact) mass is 579 g/mol. The molecule has 40 heavy (non-hydrogen) atoms. The lowest BCUT2D eigenvalue weighted by Gasteiger charge is -2.37. The third kappa shape index (κ3) is 6.14. The van der Waals surface area contributed by atoms with E-state index in [1.54, 1.807) is 61.5 Å². The van der Waals surface area contributed by atoms with Crippen molar-refractivity contribution in [3.63, 3.8) is 0 Å². The van der Waals surface area contributed by atoms with Gasteiger partial charge in [0.05, 0.1) is 10.9 Å². The summed E-state index contributed by atoms with van der Waals surface area (Å²) in [6.45, 7) is 7.52. The Hall–Kier alpha value is -3.46. The fourth-order valence-electron chi connectivity index (χ4n) is 5.00. The van der Waals surface area contributed by atoms with Crippen LogP contribution in [0.2, 0.25) is 5.02 Å². The van der Waals surface area contributed by atoms with Crippen LogP contribution in [0.1, 0.15) is 43.5 Å². The Kier molecular flexibility index (Phi) is 8.54. The van der Waals surface area contributed by atoms with E-state index in [1.165, 1.54) is 4.31 Å². The molecule has 3 N–H and O–H groups in total. The van der Waals surface area contributed by atoms with Gasteiger partial charge in [-0.3, -0.25) is 9.59 Å². The van der Waals surface area contributed by atoms with Crippen molar-refractivity contribution in [2.24, 2.45) is 11.1 Å². The van der Waals surface area contributed by atoms with Crippen LogP contribution < -0.4 is 11.1 Å². The van der Waals surface area contributed by atoms with Crippen molar-refractivity contribution in [1.29, 1.82) is 0 Å². The number of nitrogens with one attached hydrogen (secondary N) is 1. The minimum absolute atomic E-state index is 0.164. The quantitative estimate of drug-likeness (QED) is 0.393. The fourth-order valence-corrected chi connectivity index (χ4v) is 7.26. The number of amides is 2. The predicted octanol–water partition coefficient (Wildman–Crippen LogP) is 4.95. The Morgan fingerprint density at radius 1 is 0.975 bits per heavy atom. The molecule has 0 aliphatic carbocycles. The molecule has 1 aliphatic rings. The topological polar surface area (TPSA) is 110 Å². The molecule has 1 heterocycles. The van der Waals surface area contributed by atoms with Gasteiger partial charge in [-0.2, -0.15) is 4.31 Å². The molecule has 3 aromatic rings. The zero-order valence-electron chi connectivity index (χ0n) is 23.0. The summed E-state index contributed by atoms with van der Waals surface area (Å²) in [5.74, 6) is -1.24. The van der Waals surface area contributed by atoms with Crippen molar-refractivity contribution >= 4 is 33.4 Å². The molecule has 4 rings (SSSR count). The summed E-state index contributed by atoms with van der Waals surface area (Å²) in [5.41, 5.74) is 7.34. The Balaban J connectivity index is 1.82. The third-order valence-electron chi connectivity index (χ3n) is 7.08. The predicted molar refractivity (Wildman–Crippen MR) is 157 cm³/mol. The number of nitrogens with zero attached hydrogens (tertiary/aromatic N) is 1. The van der Waals surface area contributed by atoms with Gasteiger partial charge in [0.25, 0.3) is 0 Å². The Labute approximate surface area is 241 Å². The molecule has 3 aromatic carbocycles. The third-order valence-corrected chi connectivity index (χ3v) is 9.34. The van der Waals surface area contributed by atoms with E-state index in [0.717, 1.165) is 5.56 Å². The number of sulfonamides is 1. The SMILES string of the molecule is Cc1ccccc1S(=O)(=O)N1C(c2ccc(Cl)cc2)C(C(=O)NC(Cc2ccccc2)C(N)=O)=CC1C(C)(C)C. The van der Waals surface area contributed by atoms with E-state index < -0.39 is 45.4 Å². The van der Waals surface area contributed by atoms with Crippen LogP contribution in [-0.4, -0.2) is 36.6 Å². The zero-order valence-corrected chi connectivity index (χ0v) is 24.5. The molecule has 0 saturated heterocycles. The van der Waals surface area contributed by atoms with Crippen molar-refractivity contribution in [2.75, 3.05) is 0 Å². The summed E-state index contributed by atoms with van der Waals surface area (Å²) in [7, 11) is -4.09. The second-order valence-electron chi connectivity index (χ2n) is 11.1. The van der Waals surface area contributed by atoms with Gasteiger partial charge in [-0.15, -0.1) is 0 Å². The maximum atomic E-state index is 14.4. The maximum Gasteiger partial charge on any atom is 0.249 e. The number of carbonyl (C=O) groups is 2. The van der Waals surface area contributed by atoms with Gasteiger partial charge >= 0.3 is 0 Å². The number of hydrogen-bond donors (Lipinski definition) is 2. The molecule has 0 radical (unpaired) electrons. The van der Waals surface area contributed by atoms with Crippen LogP contribution in [0.15, 0.2) is 95.4 Å². The molecule has 0 aromatic heterocycles. The first kappa shape index (κ1) is 29.5. The van der Waals surface area contributed by atoms with E-state index in [9.17, 15) is 18.0 Å². The van der Waals surface area contributed by atoms with Gasteiger partial charge in [0.1, 0.15) is 6.04 Å². The van der Waals surface area contributed by atoms with Crippen LogP contribution in [0.5, 0.6) is 0 Å². The van der Waals surface area contributed by atoms with Gasteiger partial charge in [0.2, 0.25) is 21.8 Å². The lowest BCUT2D eigenvalue weighted by atomic mass is 9.87. The minimum Gasteiger partial charge on any atom is -0.368 e. The van der Waals surface area contributed by atoms with Crippen molar-refractivity contribution in [2.45, 2.75) is 57.1 Å². The van der Waals surface area contributed by atoms with Crippen molar-refractivity contribution in [1.82, 2.24) is 9.62 Å². The molecule has 7 nitrogen and oxygen atoms in total. The number of benzene rings is 3. The van der Waals surface area contributed by atoms with Crippen LogP contribution in [0.3, 0.4) is 0 Å². The van der Waals surface area contributed by atoms with Crippen LogP contribution in [0.4, 0.5) is 0 Å².